The van der Waals surface area contributed by atoms with Crippen LogP contribution in [0.5, 0.6) is 0 Å². The Morgan fingerprint density at radius 3 is 2.84 bits per heavy atom. The molecule has 2 aromatic heterocycles. The summed E-state index contributed by atoms with van der Waals surface area (Å²) in [5.41, 5.74) is 4.31. The number of fused-ring (bicyclic) bond motifs is 1. The van der Waals surface area contributed by atoms with Gasteiger partial charge >= 0.3 is 0 Å². The molecule has 168 valence electrons. The average molecular weight is 435 g/mol. The number of rotatable bonds is 9. The number of benzene rings is 1. The standard InChI is InChI=1S/C24H30N6O2/c1-4-22(31)29-24(32)16(3)11-18-14-26-30-21(27-19-9-10-19)12-20(28-23(18)30)25-13-17-8-6-5-7-15(17)2/h5-8,11-12,14,19,22,27,31H,4,9-10,13H2,1-3H3,(H,25,28)(H,29,32). The Morgan fingerprint density at radius 2 is 2.12 bits per heavy atom. The topological polar surface area (TPSA) is 104 Å². The molecule has 1 saturated carbocycles. The average Bonchev–Trinajstić information content (AvgIpc) is 3.51. The van der Waals surface area contributed by atoms with Crippen LogP contribution in [0, 0.1) is 6.92 Å². The summed E-state index contributed by atoms with van der Waals surface area (Å²) in [5, 5.41) is 23.7. The van der Waals surface area contributed by atoms with E-state index in [1.54, 1.807) is 30.6 Å². The fourth-order valence-corrected chi connectivity index (χ4v) is 3.37. The molecule has 0 aliphatic heterocycles. The molecule has 1 aliphatic carbocycles. The molecule has 8 nitrogen and oxygen atoms in total. The fraction of sp³-hybridized carbons (Fsp3) is 0.375. The lowest BCUT2D eigenvalue weighted by Crippen LogP contribution is -2.34. The van der Waals surface area contributed by atoms with E-state index in [4.69, 9.17) is 4.98 Å². The van der Waals surface area contributed by atoms with E-state index in [2.05, 4.69) is 40.1 Å². The lowest BCUT2D eigenvalue weighted by atomic mass is 10.1. The summed E-state index contributed by atoms with van der Waals surface area (Å²) < 4.78 is 1.77. The molecular formula is C24H30N6O2. The van der Waals surface area contributed by atoms with E-state index >= 15 is 0 Å². The number of nitrogens with zero attached hydrogens (tertiary/aromatic N) is 3. The smallest absolute Gasteiger partial charge is 0.248 e. The number of aromatic nitrogens is 3. The lowest BCUT2D eigenvalue weighted by molar-refractivity contribution is -0.120. The van der Waals surface area contributed by atoms with E-state index in [1.165, 1.54) is 11.1 Å². The predicted molar refractivity (Wildman–Crippen MR) is 126 cm³/mol. The third-order valence-corrected chi connectivity index (χ3v) is 5.56. The van der Waals surface area contributed by atoms with E-state index in [1.807, 2.05) is 18.2 Å². The SMILES string of the molecule is CCC(O)NC(=O)C(C)=Cc1cnn2c(NC3CC3)cc(NCc3ccccc3C)nc12. The summed E-state index contributed by atoms with van der Waals surface area (Å²) in [4.78, 5) is 17.1. The molecule has 0 bridgehead atoms. The van der Waals surface area contributed by atoms with Gasteiger partial charge in [0, 0.05) is 29.8 Å². The van der Waals surface area contributed by atoms with Crippen LogP contribution >= 0.6 is 0 Å². The minimum atomic E-state index is -0.862. The molecule has 0 radical (unpaired) electrons. The van der Waals surface area contributed by atoms with Crippen molar-refractivity contribution in [3.8, 4) is 0 Å². The van der Waals surface area contributed by atoms with Crippen molar-refractivity contribution in [2.45, 2.75) is 58.8 Å². The zero-order valence-corrected chi connectivity index (χ0v) is 18.7. The van der Waals surface area contributed by atoms with Gasteiger partial charge < -0.3 is 21.1 Å². The third kappa shape index (κ3) is 5.08. The van der Waals surface area contributed by atoms with Gasteiger partial charge in [0.15, 0.2) is 5.65 Å². The molecule has 0 spiro atoms. The van der Waals surface area contributed by atoms with Gasteiger partial charge in [-0.15, -0.1) is 0 Å². The Kier molecular flexibility index (Phi) is 6.41. The zero-order chi connectivity index (χ0) is 22.7. The second-order valence-corrected chi connectivity index (χ2v) is 8.29. The van der Waals surface area contributed by atoms with Gasteiger partial charge in [-0.05, 0) is 50.3 Å². The van der Waals surface area contributed by atoms with E-state index in [0.717, 1.165) is 30.0 Å². The van der Waals surface area contributed by atoms with Crippen molar-refractivity contribution in [1.29, 1.82) is 0 Å². The normalized spacial score (nSPS) is 14.9. The van der Waals surface area contributed by atoms with Crippen LogP contribution in [0.1, 0.15) is 49.8 Å². The molecule has 1 fully saturated rings. The van der Waals surface area contributed by atoms with Gasteiger partial charge in [0.25, 0.3) is 0 Å². The number of amides is 1. The Labute approximate surface area is 187 Å². The van der Waals surface area contributed by atoms with Crippen molar-refractivity contribution in [3.05, 3.63) is 58.8 Å². The number of carbonyl (C=O) groups is 1. The summed E-state index contributed by atoms with van der Waals surface area (Å²) in [6.07, 6.45) is 5.33. The minimum Gasteiger partial charge on any atom is -0.374 e. The number of hydrogen-bond donors (Lipinski definition) is 4. The number of nitrogens with one attached hydrogen (secondary N) is 3. The number of anilines is 2. The molecular weight excluding hydrogens is 404 g/mol. The molecule has 0 saturated heterocycles. The number of aliphatic hydroxyl groups excluding tert-OH is 1. The van der Waals surface area contributed by atoms with Gasteiger partial charge in [-0.2, -0.15) is 9.61 Å². The Bertz CT molecular complexity index is 1150. The Hall–Kier alpha value is -3.39. The van der Waals surface area contributed by atoms with Gasteiger partial charge in [-0.25, -0.2) is 4.98 Å². The van der Waals surface area contributed by atoms with Crippen LogP contribution in [0.4, 0.5) is 11.6 Å². The van der Waals surface area contributed by atoms with Crippen molar-refractivity contribution in [2.75, 3.05) is 10.6 Å². The van der Waals surface area contributed by atoms with Crippen molar-refractivity contribution < 1.29 is 9.90 Å². The maximum absolute atomic E-state index is 12.3. The molecule has 1 atom stereocenters. The van der Waals surface area contributed by atoms with Gasteiger partial charge in [-0.1, -0.05) is 31.2 Å². The largest absolute Gasteiger partial charge is 0.374 e. The number of carbonyl (C=O) groups excluding carboxylic acids is 1. The fourth-order valence-electron chi connectivity index (χ4n) is 3.37. The van der Waals surface area contributed by atoms with Gasteiger partial charge in [0.1, 0.15) is 17.9 Å². The second kappa shape index (κ2) is 9.40. The third-order valence-electron chi connectivity index (χ3n) is 5.56. The molecule has 4 rings (SSSR count). The molecule has 32 heavy (non-hydrogen) atoms. The maximum Gasteiger partial charge on any atom is 0.248 e. The first-order chi connectivity index (χ1) is 15.4. The van der Waals surface area contributed by atoms with E-state index in [-0.39, 0.29) is 5.91 Å². The summed E-state index contributed by atoms with van der Waals surface area (Å²) in [6, 6.07) is 10.7. The lowest BCUT2D eigenvalue weighted by Gasteiger charge is -2.13. The highest BCUT2D eigenvalue weighted by atomic mass is 16.3. The molecule has 2 heterocycles. The van der Waals surface area contributed by atoms with Crippen molar-refractivity contribution in [1.82, 2.24) is 19.9 Å². The van der Waals surface area contributed by atoms with E-state index in [0.29, 0.717) is 30.2 Å². The molecule has 1 amide bonds. The first-order valence-electron chi connectivity index (χ1n) is 11.1. The van der Waals surface area contributed by atoms with Crippen molar-refractivity contribution in [2.24, 2.45) is 0 Å². The van der Waals surface area contributed by atoms with Crippen LogP contribution in [0.15, 0.2) is 42.1 Å². The van der Waals surface area contributed by atoms with Crippen molar-refractivity contribution in [3.63, 3.8) is 0 Å². The maximum atomic E-state index is 12.3. The zero-order valence-electron chi connectivity index (χ0n) is 18.7. The minimum absolute atomic E-state index is 0.316. The molecule has 8 heteroatoms. The van der Waals surface area contributed by atoms with E-state index in [9.17, 15) is 9.90 Å². The second-order valence-electron chi connectivity index (χ2n) is 8.29. The molecule has 3 aromatic rings. The highest BCUT2D eigenvalue weighted by Crippen LogP contribution is 2.27. The summed E-state index contributed by atoms with van der Waals surface area (Å²) in [6.45, 7) is 6.27. The van der Waals surface area contributed by atoms with Gasteiger partial charge in [-0.3, -0.25) is 4.79 Å². The molecule has 4 N–H and O–H groups in total. The molecule has 1 unspecified atom stereocenters. The predicted octanol–water partition coefficient (Wildman–Crippen LogP) is 3.47. The molecule has 1 aromatic carbocycles. The van der Waals surface area contributed by atoms with Crippen LogP contribution in [0.3, 0.4) is 0 Å². The van der Waals surface area contributed by atoms with Crippen molar-refractivity contribution >= 4 is 29.3 Å². The highest BCUT2D eigenvalue weighted by Gasteiger charge is 2.23. The molecule has 1 aliphatic rings. The van der Waals surface area contributed by atoms with Gasteiger partial charge in [0.2, 0.25) is 5.91 Å². The first kappa shape index (κ1) is 21.8. The summed E-state index contributed by atoms with van der Waals surface area (Å²) in [5.74, 6) is 1.29. The van der Waals surface area contributed by atoms with Crippen LogP contribution in [0.25, 0.3) is 11.7 Å². The summed E-state index contributed by atoms with van der Waals surface area (Å²) in [7, 11) is 0. The first-order valence-corrected chi connectivity index (χ1v) is 11.1. The number of aliphatic hydroxyl groups is 1. The Balaban J connectivity index is 1.64. The van der Waals surface area contributed by atoms with Crippen LogP contribution in [-0.2, 0) is 11.3 Å². The van der Waals surface area contributed by atoms with E-state index < -0.39 is 6.23 Å². The number of aryl methyl sites for hydroxylation is 1. The van der Waals surface area contributed by atoms with Gasteiger partial charge in [0.05, 0.1) is 6.20 Å². The summed E-state index contributed by atoms with van der Waals surface area (Å²) >= 11 is 0. The van der Waals surface area contributed by atoms with Crippen LogP contribution in [0.2, 0.25) is 0 Å². The van der Waals surface area contributed by atoms with Crippen LogP contribution in [-0.4, -0.2) is 37.9 Å². The highest BCUT2D eigenvalue weighted by molar-refractivity contribution is 5.98. The monoisotopic (exact) mass is 434 g/mol. The van der Waals surface area contributed by atoms with Crippen LogP contribution < -0.4 is 16.0 Å². The quantitative estimate of drug-likeness (QED) is 0.304. The number of hydrogen-bond acceptors (Lipinski definition) is 6. The Morgan fingerprint density at radius 1 is 1.34 bits per heavy atom.